The van der Waals surface area contributed by atoms with Crippen molar-refractivity contribution in [3.8, 4) is 0 Å². The summed E-state index contributed by atoms with van der Waals surface area (Å²) in [6, 6.07) is 6.99. The van der Waals surface area contributed by atoms with Gasteiger partial charge in [-0.05, 0) is 43.0 Å². The van der Waals surface area contributed by atoms with Crippen LogP contribution in [-0.2, 0) is 10.0 Å². The quantitative estimate of drug-likeness (QED) is 0.712. The lowest BCUT2D eigenvalue weighted by Crippen LogP contribution is -2.34. The third kappa shape index (κ3) is 4.19. The molecule has 112 valence electrons. The molecule has 1 aromatic carbocycles. The Morgan fingerprint density at radius 1 is 1.25 bits per heavy atom. The van der Waals surface area contributed by atoms with Crippen molar-refractivity contribution in [2.24, 2.45) is 11.7 Å². The summed E-state index contributed by atoms with van der Waals surface area (Å²) in [5, 5.41) is 3.22. The average Bonchev–Trinajstić information content (AvgIpc) is 3.19. The van der Waals surface area contributed by atoms with Gasteiger partial charge in [-0.1, -0.05) is 13.8 Å². The van der Waals surface area contributed by atoms with E-state index in [0.29, 0.717) is 17.4 Å². The lowest BCUT2D eigenvalue weighted by molar-refractivity contribution is 0.511. The van der Waals surface area contributed by atoms with Crippen LogP contribution in [0, 0.1) is 5.92 Å². The van der Waals surface area contributed by atoms with Crippen LogP contribution < -0.4 is 15.8 Å². The summed E-state index contributed by atoms with van der Waals surface area (Å²) in [5.74, 6) is 0.407. The van der Waals surface area contributed by atoms with Crippen LogP contribution in [0.25, 0.3) is 0 Å². The predicted molar refractivity (Wildman–Crippen MR) is 81.1 cm³/mol. The summed E-state index contributed by atoms with van der Waals surface area (Å²) < 4.78 is 26.7. The lowest BCUT2D eigenvalue weighted by Gasteiger charge is -2.17. The van der Waals surface area contributed by atoms with Crippen molar-refractivity contribution in [1.29, 1.82) is 0 Å². The summed E-state index contributed by atoms with van der Waals surface area (Å²) in [5.41, 5.74) is 6.84. The maximum atomic E-state index is 12.0. The van der Waals surface area contributed by atoms with Crippen LogP contribution in [-0.4, -0.2) is 27.0 Å². The number of nitrogens with two attached hydrogens (primary N) is 1. The number of anilines is 1. The molecule has 0 aromatic heterocycles. The molecule has 0 spiro atoms. The maximum absolute atomic E-state index is 12.0. The number of nitrogens with one attached hydrogen (secondary N) is 2. The van der Waals surface area contributed by atoms with E-state index in [0.717, 1.165) is 18.5 Å². The van der Waals surface area contributed by atoms with Gasteiger partial charge in [0.25, 0.3) is 0 Å². The molecule has 20 heavy (non-hydrogen) atoms. The number of sulfonamides is 1. The summed E-state index contributed by atoms with van der Waals surface area (Å²) >= 11 is 0. The maximum Gasteiger partial charge on any atom is 0.240 e. The highest BCUT2D eigenvalue weighted by molar-refractivity contribution is 7.89. The predicted octanol–water partition coefficient (Wildman–Crippen LogP) is 1.52. The minimum absolute atomic E-state index is 0.0787. The smallest absolute Gasteiger partial charge is 0.240 e. The Labute approximate surface area is 121 Å². The Bertz CT molecular complexity index is 536. The first-order chi connectivity index (χ1) is 9.38. The van der Waals surface area contributed by atoms with E-state index >= 15 is 0 Å². The second-order valence-corrected chi connectivity index (χ2v) is 7.42. The molecule has 0 radical (unpaired) electrons. The average molecular weight is 297 g/mol. The van der Waals surface area contributed by atoms with Gasteiger partial charge < -0.3 is 11.1 Å². The van der Waals surface area contributed by atoms with Gasteiger partial charge >= 0.3 is 0 Å². The van der Waals surface area contributed by atoms with Gasteiger partial charge in [0.05, 0.1) is 4.90 Å². The highest BCUT2D eigenvalue weighted by Crippen LogP contribution is 2.22. The molecule has 0 aliphatic heterocycles. The van der Waals surface area contributed by atoms with Crippen LogP contribution in [0.2, 0.25) is 0 Å². The van der Waals surface area contributed by atoms with E-state index < -0.39 is 10.0 Å². The van der Waals surface area contributed by atoms with Gasteiger partial charge in [-0.25, -0.2) is 13.1 Å². The molecule has 0 saturated heterocycles. The minimum atomic E-state index is -3.36. The zero-order chi connectivity index (χ0) is 14.8. The molecule has 2 rings (SSSR count). The Morgan fingerprint density at radius 3 is 2.35 bits per heavy atom. The van der Waals surface area contributed by atoms with Crippen LogP contribution in [0.1, 0.15) is 26.7 Å². The van der Waals surface area contributed by atoms with E-state index in [4.69, 9.17) is 5.73 Å². The van der Waals surface area contributed by atoms with Crippen LogP contribution in [0.3, 0.4) is 0 Å². The second-order valence-electron chi connectivity index (χ2n) is 5.71. The van der Waals surface area contributed by atoms with E-state index in [9.17, 15) is 8.42 Å². The fourth-order valence-corrected chi connectivity index (χ4v) is 3.02. The van der Waals surface area contributed by atoms with Crippen molar-refractivity contribution in [2.45, 2.75) is 43.7 Å². The normalized spacial score (nSPS) is 17.2. The Balaban J connectivity index is 1.95. The monoisotopic (exact) mass is 297 g/mol. The second kappa shape index (κ2) is 6.11. The first-order valence-electron chi connectivity index (χ1n) is 7.00. The molecule has 4 N–H and O–H groups in total. The number of hydrogen-bond donors (Lipinski definition) is 3. The van der Waals surface area contributed by atoms with Crippen LogP contribution >= 0.6 is 0 Å². The lowest BCUT2D eigenvalue weighted by atomic mass is 10.1. The van der Waals surface area contributed by atoms with Crippen molar-refractivity contribution in [3.05, 3.63) is 24.3 Å². The molecular formula is C14H23N3O2S. The fourth-order valence-electron chi connectivity index (χ4n) is 1.71. The van der Waals surface area contributed by atoms with E-state index in [2.05, 4.69) is 23.9 Å². The van der Waals surface area contributed by atoms with Crippen molar-refractivity contribution >= 4 is 15.7 Å². The van der Waals surface area contributed by atoms with Crippen molar-refractivity contribution in [1.82, 2.24) is 4.72 Å². The fraction of sp³-hybridized carbons (Fsp3) is 0.571. The van der Waals surface area contributed by atoms with Crippen molar-refractivity contribution in [3.63, 3.8) is 0 Å². The molecule has 1 aromatic rings. The van der Waals surface area contributed by atoms with E-state index in [1.807, 2.05) is 0 Å². The molecule has 1 aliphatic rings. The minimum Gasteiger partial charge on any atom is -0.383 e. The molecule has 1 unspecified atom stereocenters. The van der Waals surface area contributed by atoms with Crippen LogP contribution in [0.4, 0.5) is 5.69 Å². The van der Waals surface area contributed by atoms with Gasteiger partial charge in [-0.2, -0.15) is 0 Å². The van der Waals surface area contributed by atoms with Gasteiger partial charge in [-0.3, -0.25) is 0 Å². The molecule has 0 heterocycles. The Kier molecular flexibility index (Phi) is 4.67. The Hall–Kier alpha value is -1.11. The molecule has 1 fully saturated rings. The molecule has 1 saturated carbocycles. The van der Waals surface area contributed by atoms with Gasteiger partial charge in [-0.15, -0.1) is 0 Å². The Morgan fingerprint density at radius 2 is 1.85 bits per heavy atom. The first-order valence-corrected chi connectivity index (χ1v) is 8.48. The highest BCUT2D eigenvalue weighted by atomic mass is 32.2. The molecule has 5 nitrogen and oxygen atoms in total. The van der Waals surface area contributed by atoms with E-state index in [1.54, 1.807) is 24.3 Å². The number of hydrogen-bond acceptors (Lipinski definition) is 4. The van der Waals surface area contributed by atoms with E-state index in [-0.39, 0.29) is 12.1 Å². The summed E-state index contributed by atoms with van der Waals surface area (Å²) in [4.78, 5) is 0.308. The molecule has 6 heteroatoms. The summed E-state index contributed by atoms with van der Waals surface area (Å²) in [6.45, 7) is 4.82. The first kappa shape index (κ1) is 15.3. The molecule has 0 bridgehead atoms. The van der Waals surface area contributed by atoms with Gasteiger partial charge in [0.1, 0.15) is 0 Å². The van der Waals surface area contributed by atoms with E-state index in [1.165, 1.54) is 0 Å². The highest BCUT2D eigenvalue weighted by Gasteiger charge is 2.27. The largest absolute Gasteiger partial charge is 0.383 e. The zero-order valence-electron chi connectivity index (χ0n) is 12.0. The molecule has 0 amide bonds. The third-order valence-electron chi connectivity index (χ3n) is 3.46. The molecular weight excluding hydrogens is 274 g/mol. The van der Waals surface area contributed by atoms with Crippen molar-refractivity contribution < 1.29 is 8.42 Å². The van der Waals surface area contributed by atoms with Crippen LogP contribution in [0.5, 0.6) is 0 Å². The molecule has 1 aliphatic carbocycles. The zero-order valence-corrected chi connectivity index (χ0v) is 12.8. The SMILES string of the molecule is CC(C)C(N)CNc1ccc(S(=O)(=O)NC2CC2)cc1. The number of rotatable bonds is 7. The van der Waals surface area contributed by atoms with Gasteiger partial charge in [0.2, 0.25) is 10.0 Å². The van der Waals surface area contributed by atoms with Crippen LogP contribution in [0.15, 0.2) is 29.2 Å². The third-order valence-corrected chi connectivity index (χ3v) is 5.00. The molecule has 1 atom stereocenters. The summed E-state index contributed by atoms with van der Waals surface area (Å²) in [6.07, 6.45) is 1.87. The van der Waals surface area contributed by atoms with Gasteiger partial charge in [0.15, 0.2) is 0 Å². The summed E-state index contributed by atoms with van der Waals surface area (Å²) in [7, 11) is -3.36. The van der Waals surface area contributed by atoms with Crippen molar-refractivity contribution in [2.75, 3.05) is 11.9 Å². The standard InChI is InChI=1S/C14H23N3O2S/c1-10(2)14(15)9-16-11-5-7-13(8-6-11)20(18,19)17-12-3-4-12/h5-8,10,12,14,16-17H,3-4,9,15H2,1-2H3. The topological polar surface area (TPSA) is 84.2 Å². The van der Waals surface area contributed by atoms with Gasteiger partial charge in [0, 0.05) is 24.3 Å². The number of benzene rings is 1.